The Bertz CT molecular complexity index is 143. The molecule has 0 fully saturated rings. The highest BCUT2D eigenvalue weighted by molar-refractivity contribution is 8.56. The quantitative estimate of drug-likeness (QED) is 0.227. The van der Waals surface area contributed by atoms with Crippen LogP contribution in [0.1, 0.15) is 0 Å². The minimum Gasteiger partial charge on any atom is -0.344 e. The molecule has 96 valence electrons. The van der Waals surface area contributed by atoms with Crippen LogP contribution in [0.25, 0.3) is 0 Å². The Morgan fingerprint density at radius 2 is 0.643 bits per heavy atom. The van der Waals surface area contributed by atoms with Gasteiger partial charge in [0.05, 0.1) is 0 Å². The monoisotopic (exact) mass is 280 g/mol. The molecule has 14 heavy (non-hydrogen) atoms. The third kappa shape index (κ3) is 88.1. The summed E-state index contributed by atoms with van der Waals surface area (Å²) in [5.41, 5.74) is 0. The molecule has 0 heterocycles. The van der Waals surface area contributed by atoms with Crippen LogP contribution in [-0.4, -0.2) is 30.8 Å². The molecule has 0 amide bonds. The van der Waals surface area contributed by atoms with Crippen LogP contribution in [0.4, 0.5) is 0 Å². The van der Waals surface area contributed by atoms with Gasteiger partial charge >= 0.3 is 0 Å². The summed E-state index contributed by atoms with van der Waals surface area (Å²) in [7, 11) is -5.18. The predicted molar refractivity (Wildman–Crippen MR) is 55.0 cm³/mol. The van der Waals surface area contributed by atoms with Crippen LogP contribution in [0, 0.1) is 0 Å². The summed E-state index contributed by atoms with van der Waals surface area (Å²) in [6.07, 6.45) is 0. The molecule has 0 aromatic rings. The van der Waals surface area contributed by atoms with Crippen LogP contribution in [0.3, 0.4) is 0 Å². The lowest BCUT2D eigenvalue weighted by Crippen LogP contribution is -1.93. The van der Waals surface area contributed by atoms with Gasteiger partial charge in [0.2, 0.25) is 0 Å². The molecule has 11 nitrogen and oxygen atoms in total. The second kappa shape index (κ2) is 23.2. The summed E-state index contributed by atoms with van der Waals surface area (Å²) in [6.45, 7) is 0. The van der Waals surface area contributed by atoms with Crippen molar-refractivity contribution < 1.29 is 30.8 Å². The lowest BCUT2D eigenvalue weighted by molar-refractivity contribution is 0.454. The second-order valence-corrected chi connectivity index (χ2v) is 3.71. The van der Waals surface area contributed by atoms with Crippen LogP contribution in [0.15, 0.2) is 0 Å². The van der Waals surface area contributed by atoms with Crippen molar-refractivity contribution in [3.05, 3.63) is 0 Å². The predicted octanol–water partition coefficient (Wildman–Crippen LogP) is -0.326. The summed E-state index contributed by atoms with van der Waals surface area (Å²) >= 11 is -2.61. The summed E-state index contributed by atoms with van der Waals surface area (Å²) in [6, 6.07) is 0. The van der Waals surface area contributed by atoms with Gasteiger partial charge in [-0.3, -0.25) is 18.2 Å². The van der Waals surface area contributed by atoms with Gasteiger partial charge in [-0.05, 0) is 0 Å². The van der Waals surface area contributed by atoms with Gasteiger partial charge in [-0.25, -0.2) is 8.42 Å². The highest BCUT2D eigenvalue weighted by Gasteiger charge is 1.95. The first-order chi connectivity index (χ1) is 4.37. The van der Waals surface area contributed by atoms with Crippen molar-refractivity contribution in [2.75, 3.05) is 0 Å². The van der Waals surface area contributed by atoms with Crippen LogP contribution in [-0.2, 0) is 31.6 Å². The Hall–Kier alpha value is 0.130. The van der Waals surface area contributed by atoms with Crippen molar-refractivity contribution in [3.8, 4) is 0 Å². The van der Waals surface area contributed by atoms with Crippen LogP contribution in [0.2, 0.25) is 0 Å². The van der Waals surface area contributed by atoms with E-state index in [1.165, 1.54) is 0 Å². The summed E-state index contributed by atoms with van der Waals surface area (Å²) in [5, 5.41) is 0. The maximum Gasteiger partial charge on any atom is 0.299 e. The van der Waals surface area contributed by atoms with E-state index in [2.05, 4.69) is 0 Å². The van der Waals surface area contributed by atoms with Crippen LogP contribution < -0.4 is 24.6 Å². The number of hydrogen-bond acceptors (Lipinski definition) is 7. The summed E-state index contributed by atoms with van der Waals surface area (Å²) in [5.74, 6) is 0. The summed E-state index contributed by atoms with van der Waals surface area (Å²) in [4.78, 5) is 0. The molecule has 0 rings (SSSR count). The third-order valence-corrected chi connectivity index (χ3v) is 1.10. The van der Waals surface area contributed by atoms with Crippen LogP contribution in [0.5, 0.6) is 0 Å². The van der Waals surface area contributed by atoms with Gasteiger partial charge in [0.25, 0.3) is 31.6 Å². The molecule has 0 aliphatic carbocycles. The van der Waals surface area contributed by atoms with E-state index in [-0.39, 0.29) is 24.6 Å². The van der Waals surface area contributed by atoms with Gasteiger partial charge < -0.3 is 24.6 Å². The molecule has 0 saturated heterocycles. The largest absolute Gasteiger partial charge is 0.344 e. The smallest absolute Gasteiger partial charge is 0.299 e. The molecule has 0 aromatic heterocycles. The Labute approximate surface area is 87.5 Å². The first-order valence-electron chi connectivity index (χ1n) is 1.40. The molecule has 0 aliphatic rings. The number of rotatable bonds is 1. The number of hydrogen-bond donors (Lipinski definition) is 8. The molecular formula is H16N4O7S3. The fraction of sp³-hybridized carbons (Fsp3) is 0. The average Bonchev–Trinajstić information content (AvgIpc) is 1.63. The molecule has 0 spiro atoms. The zero-order valence-corrected chi connectivity index (χ0v) is 9.52. The van der Waals surface area contributed by atoms with Gasteiger partial charge in [-0.15, -0.1) is 0 Å². The molecule has 14 heteroatoms. The van der Waals surface area contributed by atoms with E-state index in [0.717, 1.165) is 0 Å². The highest BCUT2D eigenvalue weighted by atomic mass is 33.2. The molecule has 0 bridgehead atoms. The molecule has 2 unspecified atom stereocenters. The van der Waals surface area contributed by atoms with Crippen molar-refractivity contribution >= 4 is 31.6 Å². The zero-order chi connectivity index (χ0) is 8.73. The second-order valence-electron chi connectivity index (χ2n) is 0.665. The standard InChI is InChI=1S/4H3N.H2O4S2.H2O3S/c;;;;1-5(2)6(3)4;1-4(2)3/h4*1H3;(H,1,2)(H,3,4);(H2,1,2,3). The van der Waals surface area contributed by atoms with E-state index >= 15 is 0 Å². The lowest BCUT2D eigenvalue weighted by atomic mass is 14.0. The maximum absolute atomic E-state index is 9.26. The van der Waals surface area contributed by atoms with Crippen molar-refractivity contribution in [2.24, 2.45) is 0 Å². The van der Waals surface area contributed by atoms with Gasteiger partial charge in [-0.2, -0.15) is 4.21 Å². The van der Waals surface area contributed by atoms with E-state index in [1.807, 2.05) is 0 Å². The summed E-state index contributed by atoms with van der Waals surface area (Å²) < 4.78 is 56.5. The van der Waals surface area contributed by atoms with E-state index in [9.17, 15) is 8.42 Å². The highest BCUT2D eigenvalue weighted by Crippen LogP contribution is 1.74. The fourth-order valence-corrected chi connectivity index (χ4v) is 0. The fourth-order valence-electron chi connectivity index (χ4n) is 0. The van der Waals surface area contributed by atoms with Gasteiger partial charge in [0.15, 0.2) is 0 Å². The minimum absolute atomic E-state index is 0. The van der Waals surface area contributed by atoms with E-state index in [0.29, 0.717) is 0 Å². The van der Waals surface area contributed by atoms with Crippen molar-refractivity contribution in [2.45, 2.75) is 0 Å². The topological polar surface area (TPSA) is 272 Å². The molecule has 0 saturated carbocycles. The normalized spacial score (nSPS) is 10.9. The zero-order valence-electron chi connectivity index (χ0n) is 7.07. The van der Waals surface area contributed by atoms with Gasteiger partial charge in [0, 0.05) is 0 Å². The van der Waals surface area contributed by atoms with Gasteiger partial charge in [-0.1, -0.05) is 0 Å². The molecule has 16 N–H and O–H groups in total. The van der Waals surface area contributed by atoms with Crippen molar-refractivity contribution in [1.82, 2.24) is 24.6 Å². The molecule has 0 radical (unpaired) electrons. The maximum atomic E-state index is 9.26. The Kier molecular flexibility index (Phi) is 61.0. The van der Waals surface area contributed by atoms with Crippen LogP contribution >= 0.6 is 0 Å². The van der Waals surface area contributed by atoms with Crippen molar-refractivity contribution in [3.63, 3.8) is 0 Å². The lowest BCUT2D eigenvalue weighted by Gasteiger charge is -1.74. The van der Waals surface area contributed by atoms with E-state index in [1.54, 1.807) is 0 Å². The first kappa shape index (κ1) is 36.9. The molecule has 0 aliphatic heterocycles. The first-order valence-corrected chi connectivity index (χ1v) is 5.19. The third-order valence-electron chi connectivity index (χ3n) is 0.122. The SMILES string of the molecule is N.N.N.N.O=S(O)O.O=S(O)S(=O)O. The molecular weight excluding hydrogens is 264 g/mol. The average molecular weight is 280 g/mol. The molecule has 2 atom stereocenters. The molecule has 0 aromatic carbocycles. The van der Waals surface area contributed by atoms with Crippen molar-refractivity contribution in [1.29, 1.82) is 0 Å². The van der Waals surface area contributed by atoms with E-state index in [4.69, 9.17) is 22.4 Å². The van der Waals surface area contributed by atoms with E-state index < -0.39 is 31.6 Å². The Morgan fingerprint density at radius 1 is 0.571 bits per heavy atom. The Morgan fingerprint density at radius 3 is 0.643 bits per heavy atom. The van der Waals surface area contributed by atoms with Gasteiger partial charge in [0.1, 0.15) is 0 Å². The minimum atomic E-state index is -2.61. The Balaban J connectivity index is -0.0000000185.